The molecule has 140 valence electrons. The molecule has 2 aromatic carbocycles. The van der Waals surface area contributed by atoms with Crippen molar-refractivity contribution in [3.8, 4) is 5.75 Å². The summed E-state index contributed by atoms with van der Waals surface area (Å²) in [7, 11) is 0. The molecule has 0 aromatic heterocycles. The molecular weight excluding hydrogens is 451 g/mol. The first-order valence-electron chi connectivity index (χ1n) is 8.48. The monoisotopic (exact) mass is 473 g/mol. The van der Waals surface area contributed by atoms with Crippen LogP contribution < -0.4 is 10.1 Å². The van der Waals surface area contributed by atoms with Crippen molar-refractivity contribution in [2.75, 3.05) is 5.32 Å². The van der Waals surface area contributed by atoms with Crippen molar-refractivity contribution in [3.63, 3.8) is 0 Å². The van der Waals surface area contributed by atoms with Crippen molar-refractivity contribution in [3.05, 3.63) is 56.2 Å². The number of nitrogens with one attached hydrogen (secondary N) is 1. The van der Waals surface area contributed by atoms with E-state index < -0.39 is 6.43 Å². The van der Waals surface area contributed by atoms with Crippen LogP contribution in [0.2, 0.25) is 0 Å². The van der Waals surface area contributed by atoms with Crippen LogP contribution in [-0.2, 0) is 17.8 Å². The van der Waals surface area contributed by atoms with Gasteiger partial charge in [0.25, 0.3) is 6.43 Å². The fourth-order valence-corrected chi connectivity index (χ4v) is 3.29. The molecule has 0 aliphatic heterocycles. The second-order valence-electron chi connectivity index (χ2n) is 5.93. The van der Waals surface area contributed by atoms with Crippen molar-refractivity contribution in [2.45, 2.75) is 46.6 Å². The van der Waals surface area contributed by atoms with Gasteiger partial charge in [0.2, 0.25) is 5.91 Å². The molecule has 0 fully saturated rings. The second kappa shape index (κ2) is 9.30. The number of halogens is 3. The Morgan fingerprint density at radius 1 is 1.27 bits per heavy atom. The van der Waals surface area contributed by atoms with E-state index in [1.54, 1.807) is 19.1 Å². The molecule has 0 aliphatic rings. The molecule has 0 unspecified atom stereocenters. The minimum Gasteiger partial charge on any atom is -0.488 e. The Morgan fingerprint density at radius 2 is 2.00 bits per heavy atom. The molecule has 0 aliphatic carbocycles. The third-order valence-corrected chi connectivity index (χ3v) is 5.18. The van der Waals surface area contributed by atoms with E-state index in [0.29, 0.717) is 18.5 Å². The lowest BCUT2D eigenvalue weighted by molar-refractivity contribution is -0.115. The number of ether oxygens (including phenoxy) is 1. The lowest BCUT2D eigenvalue weighted by atomic mass is 10.0. The zero-order chi connectivity index (χ0) is 19.3. The van der Waals surface area contributed by atoms with Crippen molar-refractivity contribution < 1.29 is 18.3 Å². The van der Waals surface area contributed by atoms with Gasteiger partial charge < -0.3 is 10.1 Å². The van der Waals surface area contributed by atoms with Crippen LogP contribution in [0.4, 0.5) is 14.5 Å². The summed E-state index contributed by atoms with van der Waals surface area (Å²) in [6.07, 6.45) is -1.56. The Hall–Kier alpha value is -1.70. The van der Waals surface area contributed by atoms with Gasteiger partial charge in [-0.25, -0.2) is 8.78 Å². The third-order valence-electron chi connectivity index (χ3n) is 4.17. The summed E-state index contributed by atoms with van der Waals surface area (Å²) >= 11 is 2.15. The molecule has 2 rings (SSSR count). The van der Waals surface area contributed by atoms with Gasteiger partial charge in [-0.2, -0.15) is 0 Å². The first-order chi connectivity index (χ1) is 12.4. The maximum Gasteiger partial charge on any atom is 0.267 e. The van der Waals surface area contributed by atoms with E-state index in [-0.39, 0.29) is 23.8 Å². The van der Waals surface area contributed by atoms with Crippen molar-refractivity contribution in [2.24, 2.45) is 0 Å². The van der Waals surface area contributed by atoms with Gasteiger partial charge in [-0.3, -0.25) is 4.79 Å². The summed E-state index contributed by atoms with van der Waals surface area (Å²) in [6.45, 7) is 5.70. The van der Waals surface area contributed by atoms with Gasteiger partial charge in [-0.15, -0.1) is 0 Å². The number of alkyl halides is 2. The molecule has 0 heterocycles. The largest absolute Gasteiger partial charge is 0.488 e. The highest BCUT2D eigenvalue weighted by Crippen LogP contribution is 2.33. The van der Waals surface area contributed by atoms with E-state index in [4.69, 9.17) is 4.74 Å². The molecule has 0 bridgehead atoms. The molecule has 26 heavy (non-hydrogen) atoms. The van der Waals surface area contributed by atoms with Crippen LogP contribution in [0, 0.1) is 10.5 Å². The molecule has 0 saturated carbocycles. The predicted molar refractivity (Wildman–Crippen MR) is 108 cm³/mol. The van der Waals surface area contributed by atoms with Gasteiger partial charge in [0.15, 0.2) is 0 Å². The van der Waals surface area contributed by atoms with Crippen LogP contribution in [-0.4, -0.2) is 5.91 Å². The Labute approximate surface area is 166 Å². The summed E-state index contributed by atoms with van der Waals surface area (Å²) in [6, 6.07) is 8.70. The number of rotatable bonds is 7. The summed E-state index contributed by atoms with van der Waals surface area (Å²) in [5, 5.41) is 2.83. The minimum absolute atomic E-state index is 0.0995. The Morgan fingerprint density at radius 3 is 2.62 bits per heavy atom. The molecule has 3 nitrogen and oxygen atoms in total. The highest BCUT2D eigenvalue weighted by molar-refractivity contribution is 14.1. The molecule has 1 amide bonds. The van der Waals surface area contributed by atoms with Gasteiger partial charge in [0.05, 0.1) is 5.56 Å². The van der Waals surface area contributed by atoms with Crippen molar-refractivity contribution in [1.82, 2.24) is 0 Å². The van der Waals surface area contributed by atoms with Gasteiger partial charge in [0, 0.05) is 21.2 Å². The van der Waals surface area contributed by atoms with Crippen LogP contribution in [0.25, 0.3) is 0 Å². The highest BCUT2D eigenvalue weighted by Gasteiger charge is 2.18. The minimum atomic E-state index is -2.61. The maximum atomic E-state index is 13.4. The summed E-state index contributed by atoms with van der Waals surface area (Å²) < 4.78 is 33.5. The Bertz CT molecular complexity index is 794. The average molecular weight is 473 g/mol. The lowest BCUT2D eigenvalue weighted by Gasteiger charge is -2.17. The highest BCUT2D eigenvalue weighted by atomic mass is 127. The molecule has 1 N–H and O–H groups in total. The Kier molecular flexibility index (Phi) is 7.37. The van der Waals surface area contributed by atoms with Crippen LogP contribution in [0.3, 0.4) is 0 Å². The quantitative estimate of drug-likeness (QED) is 0.499. The van der Waals surface area contributed by atoms with E-state index in [1.165, 1.54) is 6.07 Å². The van der Waals surface area contributed by atoms with Crippen LogP contribution in [0.1, 0.15) is 48.9 Å². The average Bonchev–Trinajstić information content (AvgIpc) is 2.60. The topological polar surface area (TPSA) is 38.3 Å². The Balaban J connectivity index is 2.32. The normalized spacial score (nSPS) is 10.9. The molecular formula is C20H22F2INO2. The predicted octanol–water partition coefficient (Wildman–Crippen LogP) is 6.03. The fourth-order valence-electron chi connectivity index (χ4n) is 2.63. The van der Waals surface area contributed by atoms with Crippen LogP contribution in [0.15, 0.2) is 30.3 Å². The van der Waals surface area contributed by atoms with Gasteiger partial charge in [0.1, 0.15) is 12.4 Å². The molecule has 0 spiro atoms. The number of benzene rings is 2. The first kappa shape index (κ1) is 20.6. The molecule has 0 atom stereocenters. The van der Waals surface area contributed by atoms with E-state index in [1.807, 2.05) is 26.0 Å². The SMILES string of the molecule is CCC(=O)Nc1cccc(I)c1COc1cc(C)c(CC)cc1C(F)F. The third kappa shape index (κ3) is 4.93. The maximum absolute atomic E-state index is 13.4. The number of carbonyl (C=O) groups is 1. The second-order valence-corrected chi connectivity index (χ2v) is 7.09. The van der Waals surface area contributed by atoms with Crippen LogP contribution in [0.5, 0.6) is 5.75 Å². The summed E-state index contributed by atoms with van der Waals surface area (Å²) in [4.78, 5) is 11.7. The van der Waals surface area contributed by atoms with E-state index in [9.17, 15) is 13.6 Å². The number of hydrogen-bond acceptors (Lipinski definition) is 2. The van der Waals surface area contributed by atoms with Crippen LogP contribution >= 0.6 is 22.6 Å². The number of amides is 1. The van der Waals surface area contributed by atoms with Gasteiger partial charge in [-0.1, -0.05) is 19.9 Å². The van der Waals surface area contributed by atoms with E-state index in [0.717, 1.165) is 20.3 Å². The van der Waals surface area contributed by atoms with Crippen molar-refractivity contribution >= 4 is 34.2 Å². The number of carbonyl (C=O) groups excluding carboxylic acids is 1. The zero-order valence-electron chi connectivity index (χ0n) is 15.0. The number of hydrogen-bond donors (Lipinski definition) is 1. The zero-order valence-corrected chi connectivity index (χ0v) is 17.2. The summed E-state index contributed by atoms with van der Waals surface area (Å²) in [5.41, 5.74) is 3.13. The van der Waals surface area contributed by atoms with Crippen molar-refractivity contribution in [1.29, 1.82) is 0 Å². The first-order valence-corrected chi connectivity index (χ1v) is 9.56. The number of aryl methyl sites for hydroxylation is 2. The standard InChI is InChI=1S/C20H22F2INO2/c1-4-13-10-14(20(21)22)18(9-12(13)3)26-11-15-16(23)7-6-8-17(15)24-19(25)5-2/h6-10,20H,4-5,11H2,1-3H3,(H,24,25). The fraction of sp³-hybridized carbons (Fsp3) is 0.350. The smallest absolute Gasteiger partial charge is 0.267 e. The summed E-state index contributed by atoms with van der Waals surface area (Å²) in [5.74, 6) is 0.0757. The molecule has 2 aromatic rings. The van der Waals surface area contributed by atoms with E-state index in [2.05, 4.69) is 27.9 Å². The molecule has 0 saturated heterocycles. The van der Waals surface area contributed by atoms with E-state index >= 15 is 0 Å². The lowest BCUT2D eigenvalue weighted by Crippen LogP contribution is -2.13. The number of anilines is 1. The van der Waals surface area contributed by atoms with Gasteiger partial charge in [-0.05, 0) is 71.3 Å². The molecule has 6 heteroatoms. The van der Waals surface area contributed by atoms with Gasteiger partial charge >= 0.3 is 0 Å². The molecule has 0 radical (unpaired) electrons.